The molecule has 4 aromatic rings. The van der Waals surface area contributed by atoms with E-state index in [1.807, 2.05) is 0 Å². The molecular formula is C55H74Si. The van der Waals surface area contributed by atoms with Crippen molar-refractivity contribution in [2.24, 2.45) is 46.3 Å². The summed E-state index contributed by atoms with van der Waals surface area (Å²) >= 11 is 0. The Morgan fingerprint density at radius 3 is 1.46 bits per heavy atom. The second-order valence-electron chi connectivity index (χ2n) is 23.1. The molecule has 56 heavy (non-hydrogen) atoms. The number of benzene rings is 4. The summed E-state index contributed by atoms with van der Waals surface area (Å²) in [4.78, 5) is 0. The van der Waals surface area contributed by atoms with Crippen LogP contribution in [0.3, 0.4) is 0 Å². The van der Waals surface area contributed by atoms with E-state index in [1.54, 1.807) is 54.9 Å². The van der Waals surface area contributed by atoms with E-state index in [4.69, 9.17) is 0 Å². The minimum absolute atomic E-state index is 0.386. The van der Waals surface area contributed by atoms with Crippen LogP contribution in [-0.2, 0) is 25.7 Å². The molecule has 4 saturated carbocycles. The zero-order valence-corrected chi connectivity index (χ0v) is 37.7. The molecule has 6 aliphatic carbocycles. The largest absolute Gasteiger partial charge is 0.0689 e. The van der Waals surface area contributed by atoms with Gasteiger partial charge in [0.15, 0.2) is 0 Å². The summed E-state index contributed by atoms with van der Waals surface area (Å²) in [5.74, 6) is 7.00. The first-order chi connectivity index (χ1) is 26.9. The Hall–Kier alpha value is -2.38. The van der Waals surface area contributed by atoms with Gasteiger partial charge in [-0.3, -0.25) is 0 Å². The van der Waals surface area contributed by atoms with E-state index in [9.17, 15) is 0 Å². The van der Waals surface area contributed by atoms with E-state index >= 15 is 0 Å². The van der Waals surface area contributed by atoms with Crippen molar-refractivity contribution in [3.63, 3.8) is 0 Å². The Morgan fingerprint density at radius 1 is 0.554 bits per heavy atom. The molecule has 0 radical (unpaired) electrons. The molecule has 10 unspecified atom stereocenters. The van der Waals surface area contributed by atoms with Crippen LogP contribution in [0.4, 0.5) is 0 Å². The highest BCUT2D eigenvalue weighted by molar-refractivity contribution is 6.80. The summed E-state index contributed by atoms with van der Waals surface area (Å²) in [5, 5.41) is 6.41. The van der Waals surface area contributed by atoms with Crippen LogP contribution in [0.15, 0.2) is 60.7 Å². The van der Waals surface area contributed by atoms with Crippen molar-refractivity contribution in [2.75, 3.05) is 0 Å². The van der Waals surface area contributed by atoms with E-state index in [0.29, 0.717) is 10.8 Å². The lowest BCUT2D eigenvalue weighted by molar-refractivity contribution is 0.227. The van der Waals surface area contributed by atoms with Crippen LogP contribution in [0.1, 0.15) is 157 Å². The van der Waals surface area contributed by atoms with Crippen LogP contribution in [0, 0.1) is 46.3 Å². The minimum Gasteiger partial charge on any atom is -0.0689 e. The van der Waals surface area contributed by atoms with Gasteiger partial charge in [0.05, 0.1) is 8.07 Å². The highest BCUT2D eigenvalue weighted by Crippen LogP contribution is 2.69. The molecule has 0 heterocycles. The van der Waals surface area contributed by atoms with Crippen LogP contribution in [0.5, 0.6) is 0 Å². The van der Waals surface area contributed by atoms with E-state index in [0.717, 1.165) is 58.4 Å². The number of fused-ring (bicyclic) bond motifs is 8. The third-order valence-corrected chi connectivity index (χ3v) is 23.5. The molecule has 4 fully saturated rings. The van der Waals surface area contributed by atoms with Crippen molar-refractivity contribution in [3.8, 4) is 0 Å². The standard InChI is InChI=1S/C55H74Si/c1-9-17-35-27-49-43(47-29-37-31-55(5,6)33-51(37)41-21-14-12-19-39(41)47)23-16-25-45(49)53(35)56(7,8)52-34(10-2)26-48-42(22-15-24-44(48)52)46-28-36-30-54(3,4)32-50(36)40-20-13-11-18-38(40)46/h11-14,18-21,28-29,34-35,42-45,48-49,52-53H,9-10,15-17,22-27,30-33H2,1-8H3. The topological polar surface area (TPSA) is 0 Å². The zero-order chi connectivity index (χ0) is 38.7. The van der Waals surface area contributed by atoms with Crippen molar-refractivity contribution >= 4 is 29.6 Å². The summed E-state index contributed by atoms with van der Waals surface area (Å²) in [6, 6.07) is 24.9. The fourth-order valence-corrected chi connectivity index (χ4v) is 23.4. The average Bonchev–Trinajstić information content (AvgIpc) is 3.92. The predicted octanol–water partition coefficient (Wildman–Crippen LogP) is 15.6. The van der Waals surface area contributed by atoms with Crippen molar-refractivity contribution in [1.82, 2.24) is 0 Å². The van der Waals surface area contributed by atoms with E-state index in [1.165, 1.54) is 96.3 Å². The van der Waals surface area contributed by atoms with Crippen LogP contribution in [-0.4, -0.2) is 8.07 Å². The van der Waals surface area contributed by atoms with Gasteiger partial charge in [0.25, 0.3) is 0 Å². The first-order valence-electron chi connectivity index (χ1n) is 24.0. The lowest BCUT2D eigenvalue weighted by Crippen LogP contribution is -2.47. The van der Waals surface area contributed by atoms with Crippen LogP contribution >= 0.6 is 0 Å². The number of hydrogen-bond donors (Lipinski definition) is 0. The lowest BCUT2D eigenvalue weighted by atomic mass is 9.69. The molecule has 0 N–H and O–H groups in total. The van der Waals surface area contributed by atoms with Crippen LogP contribution in [0.25, 0.3) is 21.5 Å². The molecule has 1 heteroatoms. The average molecular weight is 763 g/mol. The van der Waals surface area contributed by atoms with E-state index < -0.39 is 8.07 Å². The fourth-order valence-electron chi connectivity index (χ4n) is 16.8. The fraction of sp³-hybridized carbons (Fsp3) is 0.636. The third-order valence-electron chi connectivity index (χ3n) is 18.2. The molecule has 10 rings (SSSR count). The smallest absolute Gasteiger partial charge is 0.0547 e. The molecule has 10 atom stereocenters. The Kier molecular flexibility index (Phi) is 9.36. The maximum absolute atomic E-state index is 2.99. The van der Waals surface area contributed by atoms with Crippen molar-refractivity contribution in [3.05, 3.63) is 94.0 Å². The van der Waals surface area contributed by atoms with E-state index in [-0.39, 0.29) is 0 Å². The maximum atomic E-state index is 2.99. The van der Waals surface area contributed by atoms with Crippen molar-refractivity contribution < 1.29 is 0 Å². The molecule has 0 nitrogen and oxygen atoms in total. The molecule has 6 aliphatic rings. The van der Waals surface area contributed by atoms with Gasteiger partial charge in [0.1, 0.15) is 0 Å². The summed E-state index contributed by atoms with van der Waals surface area (Å²) in [7, 11) is -1.68. The van der Waals surface area contributed by atoms with Gasteiger partial charge < -0.3 is 0 Å². The van der Waals surface area contributed by atoms with E-state index in [2.05, 4.69) is 115 Å². The second-order valence-corrected chi connectivity index (χ2v) is 28.1. The SMILES string of the molecule is CCCC1CC2C(c3cc4c(c5ccccc35)CC(C)(C)C4)CCCC2C1[Si](C)(C)C1C(CC)CC2C(c3cc4c(c5ccccc35)CC(C)(C)C4)CCCC21. The number of rotatable bonds is 7. The van der Waals surface area contributed by atoms with Gasteiger partial charge in [-0.05, 0) is 176 Å². The van der Waals surface area contributed by atoms with Gasteiger partial charge in [0, 0.05) is 0 Å². The molecule has 0 spiro atoms. The summed E-state index contributed by atoms with van der Waals surface area (Å²) < 4.78 is 0. The molecule has 0 aliphatic heterocycles. The zero-order valence-electron chi connectivity index (χ0n) is 36.7. The normalized spacial score (nSPS) is 34.4. The third kappa shape index (κ3) is 5.99. The van der Waals surface area contributed by atoms with Gasteiger partial charge >= 0.3 is 0 Å². The lowest BCUT2D eigenvalue weighted by Gasteiger charge is -2.49. The number of hydrogen-bond acceptors (Lipinski definition) is 0. The summed E-state index contributed by atoms with van der Waals surface area (Å²) in [5.41, 5.74) is 13.0. The highest BCUT2D eigenvalue weighted by atomic mass is 28.3. The van der Waals surface area contributed by atoms with Crippen molar-refractivity contribution in [1.29, 1.82) is 0 Å². The summed E-state index contributed by atoms with van der Waals surface area (Å²) in [6.07, 6.45) is 21.0. The van der Waals surface area contributed by atoms with Crippen molar-refractivity contribution in [2.45, 2.75) is 174 Å². The quantitative estimate of drug-likeness (QED) is 0.165. The molecule has 298 valence electrons. The molecular weight excluding hydrogens is 689 g/mol. The molecule has 0 aromatic heterocycles. The molecule has 0 saturated heterocycles. The minimum atomic E-state index is -1.68. The second kappa shape index (κ2) is 13.8. The monoisotopic (exact) mass is 763 g/mol. The highest BCUT2D eigenvalue weighted by Gasteiger charge is 2.60. The Bertz CT molecular complexity index is 2130. The van der Waals surface area contributed by atoms with Gasteiger partial charge in [-0.25, -0.2) is 0 Å². The van der Waals surface area contributed by atoms with Crippen LogP contribution in [0.2, 0.25) is 24.2 Å². The van der Waals surface area contributed by atoms with Crippen LogP contribution < -0.4 is 0 Å². The Morgan fingerprint density at radius 2 is 1.00 bits per heavy atom. The maximum Gasteiger partial charge on any atom is 0.0547 e. The van der Waals surface area contributed by atoms with Gasteiger partial charge in [0.2, 0.25) is 0 Å². The first-order valence-corrected chi connectivity index (χ1v) is 27.1. The molecule has 0 amide bonds. The first kappa shape index (κ1) is 37.9. The Labute approximate surface area is 342 Å². The summed E-state index contributed by atoms with van der Waals surface area (Å²) in [6.45, 7) is 21.1. The molecule has 0 bridgehead atoms. The van der Waals surface area contributed by atoms with Gasteiger partial charge in [-0.1, -0.05) is 160 Å². The van der Waals surface area contributed by atoms with Gasteiger partial charge in [-0.2, -0.15) is 0 Å². The Balaban J connectivity index is 1.00. The predicted molar refractivity (Wildman–Crippen MR) is 244 cm³/mol. The van der Waals surface area contributed by atoms with Gasteiger partial charge in [-0.15, -0.1) is 0 Å². The molecule has 4 aromatic carbocycles.